The van der Waals surface area contributed by atoms with Crippen LogP contribution in [0.2, 0.25) is 0 Å². The lowest BCUT2D eigenvalue weighted by molar-refractivity contribution is -0.0598. The van der Waals surface area contributed by atoms with E-state index in [1.54, 1.807) is 0 Å². The van der Waals surface area contributed by atoms with Crippen molar-refractivity contribution in [3.63, 3.8) is 0 Å². The molecule has 2 heterocycles. The van der Waals surface area contributed by atoms with Crippen molar-refractivity contribution in [2.75, 3.05) is 52.5 Å². The van der Waals surface area contributed by atoms with Gasteiger partial charge in [-0.1, -0.05) is 0 Å². The van der Waals surface area contributed by atoms with Crippen molar-refractivity contribution in [1.82, 2.24) is 20.1 Å². The highest BCUT2D eigenvalue weighted by Crippen LogP contribution is 2.61. The number of amides is 2. The molecule has 6 nitrogen and oxygen atoms in total. The van der Waals surface area contributed by atoms with Gasteiger partial charge >= 0.3 is 6.03 Å². The number of pyridine rings is 1. The van der Waals surface area contributed by atoms with Crippen molar-refractivity contribution in [2.24, 2.45) is 23.2 Å². The summed E-state index contributed by atoms with van der Waals surface area (Å²) >= 11 is 0. The summed E-state index contributed by atoms with van der Waals surface area (Å²) in [6.45, 7) is 7.01. The minimum atomic E-state index is 0.128. The Labute approximate surface area is 199 Å². The highest BCUT2D eigenvalue weighted by atomic mass is 16.5. The van der Waals surface area contributed by atoms with E-state index in [1.165, 1.54) is 50.5 Å². The van der Waals surface area contributed by atoms with Crippen molar-refractivity contribution in [2.45, 2.75) is 57.8 Å². The molecule has 4 bridgehead atoms. The Morgan fingerprint density at radius 1 is 1.06 bits per heavy atom. The van der Waals surface area contributed by atoms with Crippen LogP contribution in [0.5, 0.6) is 0 Å². The Balaban J connectivity index is 1.13. The third kappa shape index (κ3) is 6.07. The molecule has 5 aliphatic rings. The van der Waals surface area contributed by atoms with Gasteiger partial charge in [0.25, 0.3) is 0 Å². The third-order valence-electron chi connectivity index (χ3n) is 8.82. The van der Waals surface area contributed by atoms with Crippen molar-refractivity contribution in [1.29, 1.82) is 0 Å². The molecule has 6 rings (SSSR count). The van der Waals surface area contributed by atoms with Crippen molar-refractivity contribution < 1.29 is 9.53 Å². The van der Waals surface area contributed by atoms with E-state index >= 15 is 0 Å². The van der Waals surface area contributed by atoms with Crippen molar-refractivity contribution in [3.05, 3.63) is 30.1 Å². The lowest BCUT2D eigenvalue weighted by atomic mass is 9.49. The van der Waals surface area contributed by atoms with Gasteiger partial charge in [-0.2, -0.15) is 0 Å². The number of aromatic nitrogens is 1. The average molecular weight is 455 g/mol. The number of nitrogens with zero attached hydrogens (tertiary/aromatic N) is 3. The van der Waals surface area contributed by atoms with Crippen LogP contribution in [0.1, 0.15) is 56.9 Å². The molecule has 4 aliphatic carbocycles. The first-order valence-electron chi connectivity index (χ1n) is 13.4. The van der Waals surface area contributed by atoms with Crippen LogP contribution in [0.25, 0.3) is 0 Å². The van der Waals surface area contributed by atoms with Crippen molar-refractivity contribution >= 4 is 6.03 Å². The smallest absolute Gasteiger partial charge is 0.317 e. The quantitative estimate of drug-likeness (QED) is 0.544. The molecule has 0 radical (unpaired) electrons. The van der Waals surface area contributed by atoms with Gasteiger partial charge in [-0.05, 0) is 98.7 Å². The standard InChI is InChI=1S/C27H42N4O2/c32-26(29-6-1-2-22-3-7-28-8-4-22)31(11-10-30-12-14-33-15-13-30)9-5-27-19-23-16-24(20-27)18-25(17-23)21-27/h3-4,7-8,23-25H,1-2,5-6,9-21H2,(H,29,32). The van der Waals surface area contributed by atoms with Crippen LogP contribution in [-0.4, -0.2) is 73.3 Å². The first kappa shape index (κ1) is 23.1. The maximum absolute atomic E-state index is 13.2. The van der Waals surface area contributed by atoms with E-state index in [0.717, 1.165) is 83.1 Å². The van der Waals surface area contributed by atoms with Gasteiger partial charge in [0.15, 0.2) is 0 Å². The summed E-state index contributed by atoms with van der Waals surface area (Å²) in [5.41, 5.74) is 1.80. The molecule has 1 aliphatic heterocycles. The molecule has 0 unspecified atom stereocenters. The highest BCUT2D eigenvalue weighted by molar-refractivity contribution is 5.74. The molecule has 6 heteroatoms. The summed E-state index contributed by atoms with van der Waals surface area (Å²) in [7, 11) is 0. The second kappa shape index (κ2) is 10.7. The van der Waals surface area contributed by atoms with E-state index in [-0.39, 0.29) is 6.03 Å². The number of ether oxygens (including phenoxy) is 1. The third-order valence-corrected chi connectivity index (χ3v) is 8.82. The van der Waals surface area contributed by atoms with Gasteiger partial charge in [0, 0.05) is 51.7 Å². The Morgan fingerprint density at radius 3 is 2.39 bits per heavy atom. The molecule has 33 heavy (non-hydrogen) atoms. The molecular formula is C27H42N4O2. The molecular weight excluding hydrogens is 412 g/mol. The van der Waals surface area contributed by atoms with Gasteiger partial charge in [0.2, 0.25) is 0 Å². The van der Waals surface area contributed by atoms with Gasteiger partial charge in [0.1, 0.15) is 0 Å². The number of rotatable bonds is 10. The number of carbonyl (C=O) groups excluding carboxylic acids is 1. The Kier molecular flexibility index (Phi) is 7.51. The fourth-order valence-electron chi connectivity index (χ4n) is 7.52. The number of urea groups is 1. The predicted molar refractivity (Wildman–Crippen MR) is 130 cm³/mol. The zero-order valence-electron chi connectivity index (χ0n) is 20.2. The fourth-order valence-corrected chi connectivity index (χ4v) is 7.52. The summed E-state index contributed by atoms with van der Waals surface area (Å²) in [4.78, 5) is 21.9. The van der Waals surface area contributed by atoms with E-state index in [0.29, 0.717) is 5.41 Å². The van der Waals surface area contributed by atoms with Crippen LogP contribution in [0.15, 0.2) is 24.5 Å². The number of morpholine rings is 1. The topological polar surface area (TPSA) is 57.7 Å². The molecule has 0 spiro atoms. The van der Waals surface area contributed by atoms with E-state index in [4.69, 9.17) is 4.74 Å². The number of nitrogens with one attached hydrogen (secondary N) is 1. The highest BCUT2D eigenvalue weighted by Gasteiger charge is 2.50. The SMILES string of the molecule is O=C(NCCCc1ccncc1)N(CCN1CCOCC1)CCC12CC3CC(CC(C3)C1)C2. The molecule has 1 N–H and O–H groups in total. The van der Waals surface area contributed by atoms with Crippen LogP contribution in [0.4, 0.5) is 4.79 Å². The summed E-state index contributed by atoms with van der Waals surface area (Å²) in [5, 5.41) is 3.23. The second-order valence-corrected chi connectivity index (χ2v) is 11.3. The van der Waals surface area contributed by atoms with Crippen molar-refractivity contribution in [3.8, 4) is 0 Å². The maximum Gasteiger partial charge on any atom is 0.317 e. The molecule has 182 valence electrons. The minimum absolute atomic E-state index is 0.128. The molecule has 1 aromatic heterocycles. The second-order valence-electron chi connectivity index (χ2n) is 11.3. The molecule has 5 fully saturated rings. The van der Waals surface area contributed by atoms with Gasteiger partial charge < -0.3 is 15.0 Å². The molecule has 1 saturated heterocycles. The zero-order chi connectivity index (χ0) is 22.5. The predicted octanol–water partition coefficient (Wildman–Crippen LogP) is 3.96. The number of hydrogen-bond donors (Lipinski definition) is 1. The molecule has 2 amide bonds. The number of hydrogen-bond acceptors (Lipinski definition) is 4. The van der Waals surface area contributed by atoms with E-state index in [1.807, 2.05) is 12.4 Å². The normalized spacial score (nSPS) is 31.0. The van der Waals surface area contributed by atoms with Crippen LogP contribution < -0.4 is 5.32 Å². The fraction of sp³-hybridized carbons (Fsp3) is 0.778. The van der Waals surface area contributed by atoms with Gasteiger partial charge in [-0.25, -0.2) is 4.79 Å². The van der Waals surface area contributed by atoms with Gasteiger partial charge in [-0.15, -0.1) is 0 Å². The van der Waals surface area contributed by atoms with E-state index in [9.17, 15) is 4.79 Å². The monoisotopic (exact) mass is 454 g/mol. The molecule has 0 atom stereocenters. The average Bonchev–Trinajstić information content (AvgIpc) is 2.82. The summed E-state index contributed by atoms with van der Waals surface area (Å²) in [6.07, 6.45) is 15.5. The van der Waals surface area contributed by atoms with E-state index < -0.39 is 0 Å². The molecule has 1 aromatic rings. The minimum Gasteiger partial charge on any atom is -0.379 e. The Bertz CT molecular complexity index is 729. The van der Waals surface area contributed by atoms with Crippen LogP contribution in [-0.2, 0) is 11.2 Å². The summed E-state index contributed by atoms with van der Waals surface area (Å²) in [6, 6.07) is 4.24. The molecule has 0 aromatic carbocycles. The maximum atomic E-state index is 13.2. The summed E-state index contributed by atoms with van der Waals surface area (Å²) in [5.74, 6) is 2.92. The zero-order valence-corrected chi connectivity index (χ0v) is 20.2. The largest absolute Gasteiger partial charge is 0.379 e. The number of carbonyl (C=O) groups is 1. The Hall–Kier alpha value is -1.66. The lowest BCUT2D eigenvalue weighted by Gasteiger charge is -2.57. The molecule has 4 saturated carbocycles. The Morgan fingerprint density at radius 2 is 1.73 bits per heavy atom. The van der Waals surface area contributed by atoms with Crippen LogP contribution in [0.3, 0.4) is 0 Å². The van der Waals surface area contributed by atoms with Crippen LogP contribution >= 0.6 is 0 Å². The van der Waals surface area contributed by atoms with Gasteiger partial charge in [-0.3, -0.25) is 9.88 Å². The van der Waals surface area contributed by atoms with Gasteiger partial charge in [0.05, 0.1) is 13.2 Å². The van der Waals surface area contributed by atoms with E-state index in [2.05, 4.69) is 32.2 Å². The first-order chi connectivity index (χ1) is 16.2. The summed E-state index contributed by atoms with van der Waals surface area (Å²) < 4.78 is 5.50. The van der Waals surface area contributed by atoms with Crippen LogP contribution in [0, 0.1) is 23.2 Å². The number of aryl methyl sites for hydroxylation is 1. The first-order valence-corrected chi connectivity index (χ1v) is 13.4. The lowest BCUT2D eigenvalue weighted by Crippen LogP contribution is -2.50.